The quantitative estimate of drug-likeness (QED) is 0.540. The van der Waals surface area contributed by atoms with Crippen molar-refractivity contribution in [3.63, 3.8) is 0 Å². The zero-order valence-corrected chi connectivity index (χ0v) is 9.80. The number of nitrogens with zero attached hydrogens (tertiary/aromatic N) is 2. The summed E-state index contributed by atoms with van der Waals surface area (Å²) in [4.78, 5) is 8.29. The second-order valence-electron chi connectivity index (χ2n) is 3.26. The van der Waals surface area contributed by atoms with E-state index in [9.17, 15) is 0 Å². The fraction of sp³-hybridized carbons (Fsp3) is 0.600. The van der Waals surface area contributed by atoms with Gasteiger partial charge < -0.3 is 9.47 Å². The zero-order chi connectivity index (χ0) is 12.0. The van der Waals surface area contributed by atoms with E-state index in [1.54, 1.807) is 19.5 Å². The number of aromatic nitrogens is 2. The first-order valence-corrected chi connectivity index (χ1v) is 5.17. The summed E-state index contributed by atoms with van der Waals surface area (Å²) in [7, 11) is 1.55. The van der Waals surface area contributed by atoms with Crippen LogP contribution in [-0.2, 0) is 4.74 Å². The largest absolute Gasteiger partial charge is 0.480 e. The number of nitrogens with one attached hydrogen (secondary N) is 1. The molecule has 1 aromatic heterocycles. The molecule has 0 amide bonds. The lowest BCUT2D eigenvalue weighted by molar-refractivity contribution is 0.0452. The van der Waals surface area contributed by atoms with Gasteiger partial charge in [0.2, 0.25) is 5.88 Å². The average molecular weight is 226 g/mol. The van der Waals surface area contributed by atoms with E-state index < -0.39 is 0 Å². The second kappa shape index (κ2) is 6.37. The van der Waals surface area contributed by atoms with Crippen molar-refractivity contribution in [1.82, 2.24) is 15.4 Å². The molecule has 6 heteroatoms. The Balaban J connectivity index is 2.93. The van der Waals surface area contributed by atoms with E-state index in [4.69, 9.17) is 15.3 Å². The van der Waals surface area contributed by atoms with Crippen molar-refractivity contribution in [2.24, 2.45) is 5.84 Å². The predicted octanol–water partition coefficient (Wildman–Crippen LogP) is 0.415. The van der Waals surface area contributed by atoms with Gasteiger partial charge >= 0.3 is 0 Å². The molecule has 0 aromatic carbocycles. The van der Waals surface area contributed by atoms with Crippen LogP contribution >= 0.6 is 0 Å². The predicted molar refractivity (Wildman–Crippen MR) is 59.7 cm³/mol. The van der Waals surface area contributed by atoms with Gasteiger partial charge in [-0.3, -0.25) is 10.8 Å². The molecule has 0 aliphatic heterocycles. The van der Waals surface area contributed by atoms with E-state index in [0.29, 0.717) is 18.2 Å². The molecular formula is C10H18N4O2. The summed E-state index contributed by atoms with van der Waals surface area (Å²) in [6.45, 7) is 4.46. The van der Waals surface area contributed by atoms with Crippen LogP contribution in [0.5, 0.6) is 5.88 Å². The Morgan fingerprint density at radius 1 is 1.44 bits per heavy atom. The maximum atomic E-state index is 5.51. The van der Waals surface area contributed by atoms with Crippen LogP contribution in [0.3, 0.4) is 0 Å². The third-order valence-corrected chi connectivity index (χ3v) is 2.26. The monoisotopic (exact) mass is 226 g/mol. The first-order chi connectivity index (χ1) is 7.74. The Hall–Kier alpha value is -1.24. The highest BCUT2D eigenvalue weighted by Crippen LogP contribution is 2.23. The smallest absolute Gasteiger partial charge is 0.237 e. The van der Waals surface area contributed by atoms with E-state index in [1.165, 1.54) is 0 Å². The highest BCUT2D eigenvalue weighted by molar-refractivity contribution is 5.21. The Labute approximate surface area is 95.1 Å². The first-order valence-electron chi connectivity index (χ1n) is 5.17. The maximum Gasteiger partial charge on any atom is 0.237 e. The Morgan fingerprint density at radius 3 is 2.69 bits per heavy atom. The summed E-state index contributed by atoms with van der Waals surface area (Å²) in [6.07, 6.45) is 3.06. The fourth-order valence-electron chi connectivity index (χ4n) is 1.50. The molecule has 3 N–H and O–H groups in total. The molecule has 0 saturated carbocycles. The van der Waals surface area contributed by atoms with E-state index in [1.807, 2.05) is 13.8 Å². The second-order valence-corrected chi connectivity index (χ2v) is 3.26. The van der Waals surface area contributed by atoms with Crippen LogP contribution in [0, 0.1) is 0 Å². The van der Waals surface area contributed by atoms with Gasteiger partial charge in [-0.1, -0.05) is 0 Å². The third-order valence-electron chi connectivity index (χ3n) is 2.26. The van der Waals surface area contributed by atoms with Crippen molar-refractivity contribution in [2.45, 2.75) is 26.0 Å². The minimum Gasteiger partial charge on any atom is -0.480 e. The number of rotatable bonds is 6. The molecule has 2 atom stereocenters. The molecule has 1 heterocycles. The van der Waals surface area contributed by atoms with Crippen LogP contribution in [0.4, 0.5) is 0 Å². The van der Waals surface area contributed by atoms with E-state index in [0.717, 1.165) is 0 Å². The lowest BCUT2D eigenvalue weighted by Crippen LogP contribution is -2.37. The van der Waals surface area contributed by atoms with E-state index in [2.05, 4.69) is 15.4 Å². The third kappa shape index (κ3) is 2.88. The highest BCUT2D eigenvalue weighted by atomic mass is 16.5. The van der Waals surface area contributed by atoms with Crippen LogP contribution in [0.25, 0.3) is 0 Å². The van der Waals surface area contributed by atoms with E-state index >= 15 is 0 Å². The SMILES string of the molecule is CCOC(C)C(NN)c1nccnc1OC. The number of hydrogen-bond acceptors (Lipinski definition) is 6. The molecule has 0 spiro atoms. The molecule has 6 nitrogen and oxygen atoms in total. The van der Waals surface area contributed by atoms with Gasteiger partial charge in [-0.2, -0.15) is 0 Å². The van der Waals surface area contributed by atoms with Crippen LogP contribution < -0.4 is 16.0 Å². The number of hydrogen-bond donors (Lipinski definition) is 2. The molecule has 2 unspecified atom stereocenters. The van der Waals surface area contributed by atoms with Crippen molar-refractivity contribution in [1.29, 1.82) is 0 Å². The van der Waals surface area contributed by atoms with Crippen molar-refractivity contribution in [2.75, 3.05) is 13.7 Å². The molecule has 1 aromatic rings. The van der Waals surface area contributed by atoms with Gasteiger partial charge in [0.15, 0.2) is 0 Å². The van der Waals surface area contributed by atoms with Crippen LogP contribution in [0.1, 0.15) is 25.6 Å². The van der Waals surface area contributed by atoms with Gasteiger partial charge in [-0.05, 0) is 13.8 Å². The van der Waals surface area contributed by atoms with Crippen molar-refractivity contribution >= 4 is 0 Å². The van der Waals surface area contributed by atoms with Gasteiger partial charge in [0.25, 0.3) is 0 Å². The summed E-state index contributed by atoms with van der Waals surface area (Å²) in [6, 6.07) is -0.247. The van der Waals surface area contributed by atoms with Crippen molar-refractivity contribution in [3.05, 3.63) is 18.1 Å². The average Bonchev–Trinajstić information content (AvgIpc) is 2.31. The topological polar surface area (TPSA) is 82.3 Å². The Morgan fingerprint density at radius 2 is 2.12 bits per heavy atom. The maximum absolute atomic E-state index is 5.51. The number of hydrazine groups is 1. The molecule has 0 radical (unpaired) electrons. The summed E-state index contributed by atoms with van der Waals surface area (Å²) in [5.41, 5.74) is 3.32. The van der Waals surface area contributed by atoms with Crippen LogP contribution in [0.15, 0.2) is 12.4 Å². The van der Waals surface area contributed by atoms with Crippen molar-refractivity contribution < 1.29 is 9.47 Å². The number of methoxy groups -OCH3 is 1. The highest BCUT2D eigenvalue weighted by Gasteiger charge is 2.23. The standard InChI is InChI=1S/C10H18N4O2/c1-4-16-7(2)8(14-11)9-10(15-3)13-6-5-12-9/h5-8,14H,4,11H2,1-3H3. The van der Waals surface area contributed by atoms with E-state index in [-0.39, 0.29) is 12.1 Å². The summed E-state index contributed by atoms with van der Waals surface area (Å²) in [5, 5.41) is 0. The Kier molecular flexibility index (Phi) is 5.10. The van der Waals surface area contributed by atoms with Crippen molar-refractivity contribution in [3.8, 4) is 5.88 Å². The number of nitrogens with two attached hydrogens (primary N) is 1. The van der Waals surface area contributed by atoms with Gasteiger partial charge in [0, 0.05) is 19.0 Å². The van der Waals surface area contributed by atoms with Crippen LogP contribution in [0.2, 0.25) is 0 Å². The Bertz CT molecular complexity index is 321. The zero-order valence-electron chi connectivity index (χ0n) is 9.80. The van der Waals surface area contributed by atoms with Gasteiger partial charge in [0.05, 0.1) is 19.3 Å². The molecule has 1 rings (SSSR count). The van der Waals surface area contributed by atoms with Crippen LogP contribution in [-0.4, -0.2) is 29.8 Å². The summed E-state index contributed by atoms with van der Waals surface area (Å²) >= 11 is 0. The normalized spacial score (nSPS) is 14.5. The van der Waals surface area contributed by atoms with Gasteiger partial charge in [-0.25, -0.2) is 10.4 Å². The van der Waals surface area contributed by atoms with Gasteiger partial charge in [-0.15, -0.1) is 0 Å². The first kappa shape index (κ1) is 12.8. The minimum atomic E-state index is -0.247. The fourth-order valence-corrected chi connectivity index (χ4v) is 1.50. The molecule has 90 valence electrons. The summed E-state index contributed by atoms with van der Waals surface area (Å²) < 4.78 is 10.6. The molecule has 0 saturated heterocycles. The number of ether oxygens (including phenoxy) is 2. The molecule has 0 aliphatic carbocycles. The molecule has 0 fully saturated rings. The van der Waals surface area contributed by atoms with Gasteiger partial charge in [0.1, 0.15) is 5.69 Å². The molecule has 0 aliphatic rings. The lowest BCUT2D eigenvalue weighted by Gasteiger charge is -2.23. The molecular weight excluding hydrogens is 208 g/mol. The lowest BCUT2D eigenvalue weighted by atomic mass is 10.1. The molecule has 16 heavy (non-hydrogen) atoms. The summed E-state index contributed by atoms with van der Waals surface area (Å²) in [5.74, 6) is 5.96. The molecule has 0 bridgehead atoms. The minimum absolute atomic E-state index is 0.111.